The molecule has 1 N–H and O–H groups in total. The van der Waals surface area contributed by atoms with E-state index in [9.17, 15) is 14.7 Å². The molecule has 0 aromatic heterocycles. The van der Waals surface area contributed by atoms with Crippen LogP contribution >= 0.6 is 0 Å². The summed E-state index contributed by atoms with van der Waals surface area (Å²) in [5.74, 6) is -1.58. The Morgan fingerprint density at radius 3 is 2.27 bits per heavy atom. The van der Waals surface area contributed by atoms with Crippen molar-refractivity contribution < 1.29 is 47.4 Å². The average molecular weight is 377 g/mol. The number of carboxylic acid groups (broad SMARTS) is 1. The molecule has 0 heterocycles. The molecule has 0 saturated carbocycles. The number of carbonyl (C=O) groups is 2. The second-order valence-corrected chi connectivity index (χ2v) is 6.60. The number of carboxylic acids is 1. The Labute approximate surface area is 157 Å². The molecule has 3 unspecified atom stereocenters. The maximum Gasteiger partial charge on any atom is 0.339 e. The van der Waals surface area contributed by atoms with Gasteiger partial charge in [-0.2, -0.15) is 0 Å². The fraction of sp³-hybridized carbons (Fsp3) is 0.556. The van der Waals surface area contributed by atoms with Crippen LogP contribution in [0.3, 0.4) is 0 Å². The van der Waals surface area contributed by atoms with Gasteiger partial charge < -0.3 is 5.11 Å². The first kappa shape index (κ1) is 19.5. The first-order valence-corrected chi connectivity index (χ1v) is 7.51. The number of rotatable bonds is 2. The number of carbonyl (C=O) groups excluding carboxylic acids is 1. The summed E-state index contributed by atoms with van der Waals surface area (Å²) in [5, 5.41) is 9.49. The summed E-state index contributed by atoms with van der Waals surface area (Å²) in [7, 11) is 0. The predicted molar refractivity (Wildman–Crippen MR) is 82.9 cm³/mol. The van der Waals surface area contributed by atoms with Crippen LogP contribution in [-0.2, 0) is 42.3 Å². The van der Waals surface area contributed by atoms with Crippen LogP contribution in [0.2, 0.25) is 0 Å². The number of fused-ring (bicyclic) bond motifs is 1. The zero-order valence-corrected chi connectivity index (χ0v) is 17.1. The molecule has 2 rings (SSSR count). The maximum absolute atomic E-state index is 12.8. The second-order valence-electron chi connectivity index (χ2n) is 6.60. The normalized spacial score (nSPS) is 31.5. The molecular formula is C18H24O3Y. The van der Waals surface area contributed by atoms with Gasteiger partial charge in [-0.15, -0.1) is 0 Å². The Balaban J connectivity index is 0.00000242. The topological polar surface area (TPSA) is 54.4 Å². The van der Waals surface area contributed by atoms with Crippen LogP contribution in [0.1, 0.15) is 48.0 Å². The van der Waals surface area contributed by atoms with Gasteiger partial charge in [0.25, 0.3) is 0 Å². The fourth-order valence-electron chi connectivity index (χ4n) is 3.86. The van der Waals surface area contributed by atoms with Crippen molar-refractivity contribution in [2.45, 2.75) is 48.0 Å². The molecule has 0 aliphatic heterocycles. The fourth-order valence-corrected chi connectivity index (χ4v) is 3.86. The minimum absolute atomic E-state index is 0. The summed E-state index contributed by atoms with van der Waals surface area (Å²) in [6.07, 6.45) is 3.00. The molecule has 1 radical (unpaired) electrons. The first-order valence-electron chi connectivity index (χ1n) is 7.51. The first-order chi connectivity index (χ1) is 9.66. The number of hydrogen-bond acceptors (Lipinski definition) is 2. The molecule has 2 aliphatic rings. The number of aliphatic carboxylic acids is 1. The Bertz CT molecular complexity index is 624. The molecular weight excluding hydrogens is 353 g/mol. The van der Waals surface area contributed by atoms with Crippen LogP contribution in [0.15, 0.2) is 33.9 Å². The van der Waals surface area contributed by atoms with Crippen molar-refractivity contribution in [1.82, 2.24) is 0 Å². The number of ketones is 1. The Hall–Kier alpha value is -0.536. The van der Waals surface area contributed by atoms with Crippen molar-refractivity contribution in [3.8, 4) is 0 Å². The standard InChI is InChI=1S/C18H24O3.Y/c1-7-18(6)12(5)15(17(20)21)16(19)14-11(4)10(3)9(2)8-13(14)18;/h8,13-14H,7H2,1-6H3,(H,20,21);. The molecule has 2 aliphatic carbocycles. The molecule has 0 aromatic carbocycles. The summed E-state index contributed by atoms with van der Waals surface area (Å²) in [4.78, 5) is 24.4. The molecule has 3 atom stereocenters. The van der Waals surface area contributed by atoms with E-state index in [0.29, 0.717) is 0 Å². The largest absolute Gasteiger partial charge is 0.478 e. The summed E-state index contributed by atoms with van der Waals surface area (Å²) >= 11 is 0. The second kappa shape index (κ2) is 6.53. The third kappa shape index (κ3) is 2.61. The third-order valence-electron chi connectivity index (χ3n) is 5.88. The van der Waals surface area contributed by atoms with Crippen LogP contribution in [-0.4, -0.2) is 16.9 Å². The summed E-state index contributed by atoms with van der Waals surface area (Å²) in [6.45, 7) is 12.0. The Morgan fingerprint density at radius 2 is 1.82 bits per heavy atom. The van der Waals surface area contributed by atoms with E-state index in [2.05, 4.69) is 26.8 Å². The molecule has 0 amide bonds. The molecule has 117 valence electrons. The smallest absolute Gasteiger partial charge is 0.339 e. The molecule has 4 heteroatoms. The number of Topliss-reactive ketones (excluding diaryl/α,β-unsaturated/α-hetero) is 1. The van der Waals surface area contributed by atoms with Gasteiger partial charge in [0.05, 0.1) is 5.92 Å². The van der Waals surface area contributed by atoms with E-state index in [-0.39, 0.29) is 61.3 Å². The van der Waals surface area contributed by atoms with Gasteiger partial charge in [-0.1, -0.05) is 31.1 Å². The van der Waals surface area contributed by atoms with Gasteiger partial charge in [-0.3, -0.25) is 4.79 Å². The molecule has 3 nitrogen and oxygen atoms in total. The van der Waals surface area contributed by atoms with Gasteiger partial charge in [0.1, 0.15) is 5.57 Å². The minimum Gasteiger partial charge on any atom is -0.478 e. The monoisotopic (exact) mass is 377 g/mol. The maximum atomic E-state index is 12.8. The van der Waals surface area contributed by atoms with Gasteiger partial charge in [-0.25, -0.2) is 4.79 Å². The third-order valence-corrected chi connectivity index (χ3v) is 5.88. The van der Waals surface area contributed by atoms with Crippen LogP contribution in [0.4, 0.5) is 0 Å². The summed E-state index contributed by atoms with van der Waals surface area (Å²) in [5.41, 5.74) is 3.78. The molecule has 0 bridgehead atoms. The van der Waals surface area contributed by atoms with Crippen molar-refractivity contribution in [2.24, 2.45) is 17.3 Å². The zero-order valence-electron chi connectivity index (χ0n) is 14.3. The van der Waals surface area contributed by atoms with E-state index >= 15 is 0 Å². The number of allylic oxidation sites excluding steroid dienone is 5. The zero-order chi connectivity index (χ0) is 16.1. The molecule has 22 heavy (non-hydrogen) atoms. The van der Waals surface area contributed by atoms with Gasteiger partial charge in [0.2, 0.25) is 0 Å². The van der Waals surface area contributed by atoms with Gasteiger partial charge >= 0.3 is 5.97 Å². The molecule has 0 saturated heterocycles. The van der Waals surface area contributed by atoms with Crippen LogP contribution in [0, 0.1) is 17.3 Å². The van der Waals surface area contributed by atoms with Crippen molar-refractivity contribution in [2.75, 3.05) is 0 Å². The SMILES string of the molecule is CCC1(C)C(C)=C(C(=O)O)C(=O)C2C(C)=C(C)C(C)=CC21.[Y]. The van der Waals surface area contributed by atoms with E-state index in [1.807, 2.05) is 20.8 Å². The van der Waals surface area contributed by atoms with E-state index in [1.54, 1.807) is 0 Å². The molecule has 0 spiro atoms. The Morgan fingerprint density at radius 1 is 1.27 bits per heavy atom. The van der Waals surface area contributed by atoms with Crippen LogP contribution in [0.5, 0.6) is 0 Å². The van der Waals surface area contributed by atoms with E-state index in [1.165, 1.54) is 5.57 Å². The summed E-state index contributed by atoms with van der Waals surface area (Å²) < 4.78 is 0. The quantitative estimate of drug-likeness (QED) is 0.743. The van der Waals surface area contributed by atoms with Crippen LogP contribution in [0.25, 0.3) is 0 Å². The van der Waals surface area contributed by atoms with Crippen LogP contribution < -0.4 is 0 Å². The average Bonchev–Trinajstić information content (AvgIpc) is 2.41. The van der Waals surface area contributed by atoms with E-state index < -0.39 is 5.97 Å². The predicted octanol–water partition coefficient (Wildman–Crippen LogP) is 3.91. The summed E-state index contributed by atoms with van der Waals surface area (Å²) in [6, 6.07) is 0. The Kier molecular flexibility index (Phi) is 5.79. The van der Waals surface area contributed by atoms with Crippen molar-refractivity contribution >= 4 is 11.8 Å². The number of hydrogen-bond donors (Lipinski definition) is 1. The van der Waals surface area contributed by atoms with Gasteiger partial charge in [0, 0.05) is 38.6 Å². The van der Waals surface area contributed by atoms with Gasteiger partial charge in [-0.05, 0) is 50.7 Å². The van der Waals surface area contributed by atoms with E-state index in [4.69, 9.17) is 0 Å². The van der Waals surface area contributed by atoms with Crippen molar-refractivity contribution in [3.05, 3.63) is 33.9 Å². The molecule has 0 fully saturated rings. The molecule has 0 aromatic rings. The van der Waals surface area contributed by atoms with Crippen molar-refractivity contribution in [1.29, 1.82) is 0 Å². The van der Waals surface area contributed by atoms with E-state index in [0.717, 1.165) is 23.1 Å². The van der Waals surface area contributed by atoms with Crippen molar-refractivity contribution in [3.63, 3.8) is 0 Å². The van der Waals surface area contributed by atoms with Gasteiger partial charge in [0.15, 0.2) is 5.78 Å². The minimum atomic E-state index is -1.09.